The van der Waals surface area contributed by atoms with Gasteiger partial charge in [0.1, 0.15) is 12.1 Å². The minimum atomic E-state index is -1.05. The quantitative estimate of drug-likeness (QED) is 0.797. The molecule has 102 valence electrons. The highest BCUT2D eigenvalue weighted by Gasteiger charge is 2.33. The fourth-order valence-corrected chi connectivity index (χ4v) is 2.09. The van der Waals surface area contributed by atoms with Crippen LogP contribution >= 0.6 is 0 Å². The van der Waals surface area contributed by atoms with Crippen molar-refractivity contribution in [3.63, 3.8) is 0 Å². The standard InChI is InChI=1S/C12H16N4O3/c1-8(11(18)19)15-10(17)9-4-2-7-16(9)12-13-5-3-6-14-12/h3,5-6,8-9H,2,4,7H2,1H3,(H,15,17)(H,18,19)/t8-,9?/m0/s1. The second-order valence-electron chi connectivity index (χ2n) is 4.47. The Morgan fingerprint density at radius 2 is 2.16 bits per heavy atom. The summed E-state index contributed by atoms with van der Waals surface area (Å²) < 4.78 is 0. The number of hydrogen-bond acceptors (Lipinski definition) is 5. The van der Waals surface area contributed by atoms with Gasteiger partial charge in [0.25, 0.3) is 0 Å². The molecule has 2 heterocycles. The largest absolute Gasteiger partial charge is 0.480 e. The second kappa shape index (κ2) is 5.64. The van der Waals surface area contributed by atoms with Crippen LogP contribution in [0.2, 0.25) is 0 Å². The number of amides is 1. The van der Waals surface area contributed by atoms with E-state index in [4.69, 9.17) is 5.11 Å². The van der Waals surface area contributed by atoms with E-state index < -0.39 is 18.1 Å². The van der Waals surface area contributed by atoms with E-state index in [1.165, 1.54) is 6.92 Å². The summed E-state index contributed by atoms with van der Waals surface area (Å²) in [6.07, 6.45) is 4.78. The summed E-state index contributed by atoms with van der Waals surface area (Å²) in [5.41, 5.74) is 0. The summed E-state index contributed by atoms with van der Waals surface area (Å²) in [4.78, 5) is 32.9. The van der Waals surface area contributed by atoms with Gasteiger partial charge in [-0.15, -0.1) is 0 Å². The van der Waals surface area contributed by atoms with Crippen LogP contribution in [0.25, 0.3) is 0 Å². The molecule has 1 unspecified atom stereocenters. The van der Waals surface area contributed by atoms with E-state index in [9.17, 15) is 9.59 Å². The lowest BCUT2D eigenvalue weighted by Crippen LogP contribution is -2.48. The van der Waals surface area contributed by atoms with Crippen LogP contribution in [0.3, 0.4) is 0 Å². The van der Waals surface area contributed by atoms with Gasteiger partial charge < -0.3 is 15.3 Å². The van der Waals surface area contributed by atoms with Gasteiger partial charge in [0, 0.05) is 18.9 Å². The minimum Gasteiger partial charge on any atom is -0.480 e. The molecule has 1 aromatic rings. The smallest absolute Gasteiger partial charge is 0.325 e. The molecule has 0 saturated carbocycles. The Kier molecular flexibility index (Phi) is 3.94. The van der Waals surface area contributed by atoms with Crippen molar-refractivity contribution in [2.45, 2.75) is 31.8 Å². The first-order chi connectivity index (χ1) is 9.09. The van der Waals surface area contributed by atoms with Gasteiger partial charge >= 0.3 is 5.97 Å². The third-order valence-corrected chi connectivity index (χ3v) is 3.09. The number of carboxylic acid groups (broad SMARTS) is 1. The number of aromatic nitrogens is 2. The Bertz CT molecular complexity index is 465. The molecule has 2 atom stereocenters. The molecular weight excluding hydrogens is 248 g/mol. The minimum absolute atomic E-state index is 0.292. The molecule has 19 heavy (non-hydrogen) atoms. The Morgan fingerprint density at radius 1 is 1.47 bits per heavy atom. The molecule has 1 fully saturated rings. The van der Waals surface area contributed by atoms with Crippen LogP contribution in [-0.2, 0) is 9.59 Å². The lowest BCUT2D eigenvalue weighted by molar-refractivity contribution is -0.141. The first kappa shape index (κ1) is 13.3. The first-order valence-electron chi connectivity index (χ1n) is 6.16. The number of hydrogen-bond donors (Lipinski definition) is 2. The molecule has 2 N–H and O–H groups in total. The van der Waals surface area contributed by atoms with E-state index in [-0.39, 0.29) is 5.91 Å². The number of carbonyl (C=O) groups is 2. The van der Waals surface area contributed by atoms with Crippen LogP contribution in [-0.4, -0.2) is 45.6 Å². The molecule has 1 saturated heterocycles. The first-order valence-corrected chi connectivity index (χ1v) is 6.16. The van der Waals surface area contributed by atoms with Crippen molar-refractivity contribution in [1.29, 1.82) is 0 Å². The fraction of sp³-hybridized carbons (Fsp3) is 0.500. The maximum Gasteiger partial charge on any atom is 0.325 e. The fourth-order valence-electron chi connectivity index (χ4n) is 2.09. The summed E-state index contributed by atoms with van der Waals surface area (Å²) in [5, 5.41) is 11.3. The molecule has 0 spiro atoms. The van der Waals surface area contributed by atoms with Gasteiger partial charge in [-0.25, -0.2) is 9.97 Å². The molecule has 0 bridgehead atoms. The summed E-state index contributed by atoms with van der Waals surface area (Å²) >= 11 is 0. The van der Waals surface area contributed by atoms with Gasteiger partial charge in [-0.3, -0.25) is 9.59 Å². The lowest BCUT2D eigenvalue weighted by Gasteiger charge is -2.24. The van der Waals surface area contributed by atoms with Gasteiger partial charge in [-0.2, -0.15) is 0 Å². The Balaban J connectivity index is 2.07. The maximum atomic E-state index is 12.1. The van der Waals surface area contributed by atoms with Gasteiger partial charge in [0.05, 0.1) is 0 Å². The Morgan fingerprint density at radius 3 is 2.79 bits per heavy atom. The van der Waals surface area contributed by atoms with Crippen molar-refractivity contribution in [3.05, 3.63) is 18.5 Å². The number of nitrogens with zero attached hydrogens (tertiary/aromatic N) is 3. The maximum absolute atomic E-state index is 12.1. The molecule has 1 aliphatic rings. The predicted octanol–water partition coefficient (Wildman–Crippen LogP) is 0.0347. The van der Waals surface area contributed by atoms with Crippen molar-refractivity contribution >= 4 is 17.8 Å². The molecule has 0 aromatic carbocycles. The van der Waals surface area contributed by atoms with Crippen LogP contribution in [0.4, 0.5) is 5.95 Å². The number of carbonyl (C=O) groups excluding carboxylic acids is 1. The van der Waals surface area contributed by atoms with Gasteiger partial charge in [-0.05, 0) is 25.8 Å². The normalized spacial score (nSPS) is 20.1. The third-order valence-electron chi connectivity index (χ3n) is 3.09. The number of aliphatic carboxylic acids is 1. The molecule has 7 heteroatoms. The Labute approximate surface area is 110 Å². The summed E-state index contributed by atoms with van der Waals surface area (Å²) in [6, 6.07) is 0.414. The highest BCUT2D eigenvalue weighted by Crippen LogP contribution is 2.21. The van der Waals surface area contributed by atoms with Crippen LogP contribution < -0.4 is 10.2 Å². The number of carboxylic acids is 1. The zero-order chi connectivity index (χ0) is 13.8. The average molecular weight is 264 g/mol. The van der Waals surface area contributed by atoms with Crippen LogP contribution in [0.5, 0.6) is 0 Å². The van der Waals surface area contributed by atoms with Crippen molar-refractivity contribution in [2.24, 2.45) is 0 Å². The summed E-state index contributed by atoms with van der Waals surface area (Å²) in [6.45, 7) is 2.14. The van der Waals surface area contributed by atoms with Crippen LogP contribution in [0.15, 0.2) is 18.5 Å². The van der Waals surface area contributed by atoms with Crippen molar-refractivity contribution in [3.8, 4) is 0 Å². The predicted molar refractivity (Wildman–Crippen MR) is 67.6 cm³/mol. The topological polar surface area (TPSA) is 95.4 Å². The zero-order valence-electron chi connectivity index (χ0n) is 10.6. The molecule has 0 radical (unpaired) electrons. The van der Waals surface area contributed by atoms with Crippen molar-refractivity contribution in [1.82, 2.24) is 15.3 Å². The van der Waals surface area contributed by atoms with Crippen molar-refractivity contribution in [2.75, 3.05) is 11.4 Å². The van der Waals surface area contributed by atoms with Gasteiger partial charge in [0.2, 0.25) is 11.9 Å². The molecule has 1 aromatic heterocycles. The molecular formula is C12H16N4O3. The summed E-state index contributed by atoms with van der Waals surface area (Å²) in [7, 11) is 0. The zero-order valence-corrected chi connectivity index (χ0v) is 10.6. The highest BCUT2D eigenvalue weighted by molar-refractivity contribution is 5.89. The number of rotatable bonds is 4. The van der Waals surface area contributed by atoms with Gasteiger partial charge in [-0.1, -0.05) is 0 Å². The molecule has 2 rings (SSSR count). The number of anilines is 1. The highest BCUT2D eigenvalue weighted by atomic mass is 16.4. The SMILES string of the molecule is C[C@H](NC(=O)C1CCCN1c1ncccn1)C(=O)O. The van der Waals surface area contributed by atoms with E-state index in [2.05, 4.69) is 15.3 Å². The third kappa shape index (κ3) is 2.98. The molecule has 1 aliphatic heterocycles. The van der Waals surface area contributed by atoms with Crippen LogP contribution in [0, 0.1) is 0 Å². The van der Waals surface area contributed by atoms with E-state index >= 15 is 0 Å². The van der Waals surface area contributed by atoms with Gasteiger partial charge in [0.15, 0.2) is 0 Å². The second-order valence-corrected chi connectivity index (χ2v) is 4.47. The molecule has 7 nitrogen and oxygen atoms in total. The average Bonchev–Trinajstić information content (AvgIpc) is 2.88. The molecule has 0 aliphatic carbocycles. The summed E-state index contributed by atoms with van der Waals surface area (Å²) in [5.74, 6) is -0.836. The Hall–Kier alpha value is -2.18. The van der Waals surface area contributed by atoms with E-state index in [0.29, 0.717) is 18.9 Å². The van der Waals surface area contributed by atoms with E-state index in [1.54, 1.807) is 18.5 Å². The number of nitrogens with one attached hydrogen (secondary N) is 1. The molecule has 1 amide bonds. The van der Waals surface area contributed by atoms with E-state index in [1.807, 2.05) is 4.90 Å². The van der Waals surface area contributed by atoms with Crippen molar-refractivity contribution < 1.29 is 14.7 Å². The lowest BCUT2D eigenvalue weighted by atomic mass is 10.2. The van der Waals surface area contributed by atoms with E-state index in [0.717, 1.165) is 6.42 Å². The van der Waals surface area contributed by atoms with Crippen LogP contribution in [0.1, 0.15) is 19.8 Å². The monoisotopic (exact) mass is 264 g/mol.